The first kappa shape index (κ1) is 7.19. The normalized spacial score (nSPS) is 10.0. The highest BCUT2D eigenvalue weighted by atomic mass is 32.1. The summed E-state index contributed by atoms with van der Waals surface area (Å²) in [6, 6.07) is 5.93. The van der Waals surface area contributed by atoms with E-state index in [1.807, 2.05) is 25.1 Å². The Hall–Kier alpha value is -1.47. The van der Waals surface area contributed by atoms with Crippen molar-refractivity contribution in [3.63, 3.8) is 0 Å². The monoisotopic (exact) mass is 176 g/mol. The maximum atomic E-state index is 8.50. The van der Waals surface area contributed by atoms with Gasteiger partial charge < -0.3 is 0 Å². The lowest BCUT2D eigenvalue weighted by atomic mass is 10.2. The summed E-state index contributed by atoms with van der Waals surface area (Å²) in [5.74, 6) is 0. The van der Waals surface area contributed by atoms with Crippen molar-refractivity contribution < 1.29 is 0 Å². The second-order valence-corrected chi connectivity index (χ2v) is 3.53. The predicted octanol–water partition coefficient (Wildman–Crippen LogP) is 3.09. The van der Waals surface area contributed by atoms with Crippen molar-refractivity contribution in [1.29, 1.82) is 5.39 Å². The Morgan fingerprint density at radius 1 is 1.50 bits per heavy atom. The van der Waals surface area contributed by atoms with Crippen molar-refractivity contribution in [2.45, 2.75) is 6.92 Å². The van der Waals surface area contributed by atoms with Crippen molar-refractivity contribution in [3.05, 3.63) is 28.7 Å². The third-order valence-corrected chi connectivity index (χ3v) is 2.60. The van der Waals surface area contributed by atoms with Crippen molar-refractivity contribution >= 4 is 26.7 Å². The molecule has 2 rings (SSSR count). The maximum Gasteiger partial charge on any atom is 0.524 e. The number of fused-ring (bicyclic) bond motifs is 1. The van der Waals surface area contributed by atoms with Crippen LogP contribution in [0.25, 0.3) is 15.2 Å². The quantitative estimate of drug-likeness (QED) is 0.579. The minimum atomic E-state index is 0.416. The fourth-order valence-electron chi connectivity index (χ4n) is 1.12. The van der Waals surface area contributed by atoms with Gasteiger partial charge in [0, 0.05) is 10.5 Å². The summed E-state index contributed by atoms with van der Waals surface area (Å²) < 4.78 is 1.06. The highest BCUT2D eigenvalue weighted by molar-refractivity contribution is 7.22. The first-order valence-corrected chi connectivity index (χ1v) is 4.34. The van der Waals surface area contributed by atoms with Gasteiger partial charge in [-0.2, -0.15) is 0 Å². The van der Waals surface area contributed by atoms with Gasteiger partial charge in [-0.3, -0.25) is 0 Å². The van der Waals surface area contributed by atoms with Crippen LogP contribution in [-0.4, -0.2) is 4.98 Å². The van der Waals surface area contributed by atoms with Crippen molar-refractivity contribution in [3.8, 4) is 0 Å². The number of benzene rings is 1. The van der Waals surface area contributed by atoms with Gasteiger partial charge in [-0.15, -0.1) is 0 Å². The largest absolute Gasteiger partial charge is 0.524 e. The fraction of sp³-hybridized carbons (Fsp3) is 0.125. The van der Waals surface area contributed by atoms with E-state index in [1.54, 1.807) is 0 Å². The molecular formula is C8H6N3S+. The van der Waals surface area contributed by atoms with E-state index in [9.17, 15) is 0 Å². The average Bonchev–Trinajstić information content (AvgIpc) is 2.49. The zero-order valence-electron chi connectivity index (χ0n) is 6.48. The smallest absolute Gasteiger partial charge is 0.0603 e. The van der Waals surface area contributed by atoms with Crippen LogP contribution in [0.4, 0.5) is 5.13 Å². The van der Waals surface area contributed by atoms with Gasteiger partial charge in [-0.05, 0) is 29.3 Å². The molecule has 3 nitrogen and oxygen atoms in total. The van der Waals surface area contributed by atoms with Gasteiger partial charge in [0.05, 0.1) is 10.1 Å². The summed E-state index contributed by atoms with van der Waals surface area (Å²) in [4.78, 5) is 7.19. The summed E-state index contributed by atoms with van der Waals surface area (Å²) in [6.07, 6.45) is 0. The number of rotatable bonds is 0. The van der Waals surface area contributed by atoms with Crippen LogP contribution >= 0.6 is 11.3 Å². The minimum Gasteiger partial charge on any atom is -0.0603 e. The molecule has 0 unspecified atom stereocenters. The Bertz CT molecular complexity index is 467. The standard InChI is InChI=1S/C8H6N3S/c1-5-3-2-4-6-7(5)10-8(11-9)12-6/h2-4H,1H3/q+1. The predicted molar refractivity (Wildman–Crippen MR) is 49.1 cm³/mol. The molecule has 0 N–H and O–H groups in total. The molecule has 2 aromatic rings. The Morgan fingerprint density at radius 3 is 3.00 bits per heavy atom. The zero-order chi connectivity index (χ0) is 8.55. The second-order valence-electron chi connectivity index (χ2n) is 2.52. The Morgan fingerprint density at radius 2 is 2.33 bits per heavy atom. The van der Waals surface area contributed by atoms with Gasteiger partial charge in [0.15, 0.2) is 5.52 Å². The van der Waals surface area contributed by atoms with Crippen LogP contribution in [0.2, 0.25) is 0 Å². The number of diazo groups is 1. The first-order valence-electron chi connectivity index (χ1n) is 3.52. The molecule has 58 valence electrons. The zero-order valence-corrected chi connectivity index (χ0v) is 7.30. The van der Waals surface area contributed by atoms with Crippen LogP contribution in [0, 0.1) is 12.3 Å². The van der Waals surface area contributed by atoms with E-state index < -0.39 is 0 Å². The van der Waals surface area contributed by atoms with E-state index in [-0.39, 0.29) is 0 Å². The number of aryl methyl sites for hydroxylation is 1. The van der Waals surface area contributed by atoms with Crippen LogP contribution in [0.5, 0.6) is 0 Å². The third kappa shape index (κ3) is 0.953. The molecule has 0 atom stereocenters. The number of thiazole rings is 1. The molecule has 0 radical (unpaired) electrons. The van der Waals surface area contributed by atoms with E-state index in [0.717, 1.165) is 15.8 Å². The Kier molecular flexibility index (Phi) is 1.52. The van der Waals surface area contributed by atoms with Gasteiger partial charge in [0.2, 0.25) is 0 Å². The fourth-order valence-corrected chi connectivity index (χ4v) is 1.94. The number of para-hydroxylation sites is 1. The molecule has 4 heteroatoms. The van der Waals surface area contributed by atoms with Crippen LogP contribution in [-0.2, 0) is 0 Å². The number of hydrogen-bond donors (Lipinski definition) is 0. The SMILES string of the molecule is Cc1cccc2sc([N+]#N)nc12. The summed E-state index contributed by atoms with van der Waals surface area (Å²) in [5, 5.41) is 8.92. The summed E-state index contributed by atoms with van der Waals surface area (Å²) in [7, 11) is 0. The highest BCUT2D eigenvalue weighted by Gasteiger charge is 2.15. The van der Waals surface area contributed by atoms with Gasteiger partial charge >= 0.3 is 5.13 Å². The number of aromatic nitrogens is 1. The summed E-state index contributed by atoms with van der Waals surface area (Å²) in [6.45, 7) is 1.99. The van der Waals surface area contributed by atoms with E-state index in [2.05, 4.69) is 9.96 Å². The van der Waals surface area contributed by atoms with Crippen molar-refractivity contribution in [2.75, 3.05) is 0 Å². The summed E-state index contributed by atoms with van der Waals surface area (Å²) in [5.41, 5.74) is 2.04. The second kappa shape index (κ2) is 2.54. The maximum absolute atomic E-state index is 8.50. The van der Waals surface area contributed by atoms with Crippen LogP contribution in [0.3, 0.4) is 0 Å². The molecule has 0 aliphatic rings. The van der Waals surface area contributed by atoms with Crippen LogP contribution < -0.4 is 0 Å². The van der Waals surface area contributed by atoms with Crippen molar-refractivity contribution in [2.24, 2.45) is 0 Å². The molecule has 0 bridgehead atoms. The lowest BCUT2D eigenvalue weighted by Crippen LogP contribution is -1.72. The lowest BCUT2D eigenvalue weighted by Gasteiger charge is -1.85. The average molecular weight is 176 g/mol. The molecule has 12 heavy (non-hydrogen) atoms. The summed E-state index contributed by atoms with van der Waals surface area (Å²) >= 11 is 1.38. The van der Waals surface area contributed by atoms with Gasteiger partial charge in [0.1, 0.15) is 0 Å². The van der Waals surface area contributed by atoms with E-state index in [0.29, 0.717) is 5.13 Å². The van der Waals surface area contributed by atoms with Gasteiger partial charge in [-0.1, -0.05) is 12.1 Å². The van der Waals surface area contributed by atoms with Gasteiger partial charge in [-0.25, -0.2) is 0 Å². The van der Waals surface area contributed by atoms with E-state index >= 15 is 0 Å². The first-order chi connectivity index (χ1) is 5.81. The molecule has 0 aliphatic carbocycles. The third-order valence-electron chi connectivity index (χ3n) is 1.69. The molecule has 1 aromatic carbocycles. The topological polar surface area (TPSA) is 41.0 Å². The Labute approximate surface area is 73.3 Å². The van der Waals surface area contributed by atoms with Crippen LogP contribution in [0.15, 0.2) is 18.2 Å². The molecule has 0 saturated heterocycles. The molecule has 1 heterocycles. The molecular weight excluding hydrogens is 170 g/mol. The molecule has 0 amide bonds. The lowest BCUT2D eigenvalue weighted by molar-refractivity contribution is 1.39. The molecule has 0 spiro atoms. The van der Waals surface area contributed by atoms with E-state index in [1.165, 1.54) is 11.3 Å². The number of nitrogens with zero attached hydrogens (tertiary/aromatic N) is 3. The minimum absolute atomic E-state index is 0.416. The van der Waals surface area contributed by atoms with E-state index in [4.69, 9.17) is 5.39 Å². The van der Waals surface area contributed by atoms with Crippen molar-refractivity contribution in [1.82, 2.24) is 4.98 Å². The van der Waals surface area contributed by atoms with Crippen LogP contribution in [0.1, 0.15) is 5.56 Å². The number of hydrogen-bond acceptors (Lipinski definition) is 3. The Balaban J connectivity index is 2.85. The molecule has 0 fully saturated rings. The molecule has 0 saturated carbocycles. The molecule has 1 aromatic heterocycles. The highest BCUT2D eigenvalue weighted by Crippen LogP contribution is 2.29. The van der Waals surface area contributed by atoms with Gasteiger partial charge in [0.25, 0.3) is 0 Å². The molecule has 0 aliphatic heterocycles.